The number of aryl methyl sites for hydroxylation is 1. The van der Waals surface area contributed by atoms with E-state index in [-0.39, 0.29) is 24.5 Å². The Morgan fingerprint density at radius 2 is 1.76 bits per heavy atom. The van der Waals surface area contributed by atoms with Crippen molar-refractivity contribution in [1.82, 2.24) is 10.2 Å². The molecular formula is C22H25N3O4. The van der Waals surface area contributed by atoms with Crippen molar-refractivity contribution in [3.63, 3.8) is 0 Å². The number of hydrogen-bond donors (Lipinski definition) is 2. The van der Waals surface area contributed by atoms with Crippen molar-refractivity contribution in [3.8, 4) is 0 Å². The number of methoxy groups -OCH3 is 1. The van der Waals surface area contributed by atoms with Crippen molar-refractivity contribution in [2.45, 2.75) is 32.4 Å². The number of carbonyl (C=O) groups is 3. The van der Waals surface area contributed by atoms with Crippen LogP contribution in [0.1, 0.15) is 34.3 Å². The average Bonchev–Trinajstić information content (AvgIpc) is 3.52. The Balaban J connectivity index is 1.71. The van der Waals surface area contributed by atoms with E-state index in [0.29, 0.717) is 17.8 Å². The summed E-state index contributed by atoms with van der Waals surface area (Å²) in [5.41, 5.74) is 3.02. The first kappa shape index (κ1) is 20.4. The number of esters is 1. The van der Waals surface area contributed by atoms with Crippen LogP contribution in [0.25, 0.3) is 0 Å². The van der Waals surface area contributed by atoms with E-state index in [2.05, 4.69) is 10.6 Å². The molecule has 2 aromatic carbocycles. The van der Waals surface area contributed by atoms with Gasteiger partial charge in [-0.3, -0.25) is 9.59 Å². The predicted molar refractivity (Wildman–Crippen MR) is 110 cm³/mol. The summed E-state index contributed by atoms with van der Waals surface area (Å²) in [6.45, 7) is 2.11. The van der Waals surface area contributed by atoms with E-state index in [9.17, 15) is 14.4 Å². The Kier molecular flexibility index (Phi) is 6.49. The minimum Gasteiger partial charge on any atom is -0.468 e. The van der Waals surface area contributed by atoms with Gasteiger partial charge in [0.1, 0.15) is 6.54 Å². The highest BCUT2D eigenvalue weighted by Gasteiger charge is 2.23. The van der Waals surface area contributed by atoms with Crippen LogP contribution in [0, 0.1) is 6.92 Å². The Morgan fingerprint density at radius 1 is 1.07 bits per heavy atom. The zero-order valence-corrected chi connectivity index (χ0v) is 16.6. The van der Waals surface area contributed by atoms with Crippen LogP contribution >= 0.6 is 0 Å². The molecule has 0 heterocycles. The number of amides is 3. The van der Waals surface area contributed by atoms with Gasteiger partial charge in [0.25, 0.3) is 5.91 Å². The monoisotopic (exact) mass is 395 g/mol. The van der Waals surface area contributed by atoms with E-state index in [4.69, 9.17) is 4.74 Å². The number of nitrogens with one attached hydrogen (secondary N) is 2. The van der Waals surface area contributed by atoms with E-state index in [0.717, 1.165) is 24.0 Å². The Hall–Kier alpha value is -3.35. The third kappa shape index (κ3) is 5.81. The minimum absolute atomic E-state index is 0.145. The van der Waals surface area contributed by atoms with Gasteiger partial charge in [0.15, 0.2) is 0 Å². The number of benzene rings is 2. The van der Waals surface area contributed by atoms with Gasteiger partial charge in [0, 0.05) is 23.8 Å². The molecule has 0 unspecified atom stereocenters. The molecule has 7 nitrogen and oxygen atoms in total. The first-order valence-corrected chi connectivity index (χ1v) is 9.54. The van der Waals surface area contributed by atoms with Gasteiger partial charge in [-0.2, -0.15) is 0 Å². The lowest BCUT2D eigenvalue weighted by Gasteiger charge is -2.22. The van der Waals surface area contributed by atoms with Gasteiger partial charge in [-0.25, -0.2) is 4.79 Å². The highest BCUT2D eigenvalue weighted by Crippen LogP contribution is 2.19. The normalized spacial score (nSPS) is 12.8. The largest absolute Gasteiger partial charge is 0.468 e. The molecule has 1 fully saturated rings. The van der Waals surface area contributed by atoms with Crippen LogP contribution in [0.15, 0.2) is 48.5 Å². The first-order valence-electron chi connectivity index (χ1n) is 9.54. The second-order valence-corrected chi connectivity index (χ2v) is 7.11. The summed E-state index contributed by atoms with van der Waals surface area (Å²) in [5, 5.41) is 5.59. The number of hydrogen-bond acceptors (Lipinski definition) is 4. The molecule has 0 atom stereocenters. The third-order valence-electron chi connectivity index (χ3n) is 4.76. The van der Waals surface area contributed by atoms with E-state index in [1.165, 1.54) is 12.0 Å². The summed E-state index contributed by atoms with van der Waals surface area (Å²) in [6, 6.07) is 14.3. The molecule has 3 rings (SSSR count). The highest BCUT2D eigenvalue weighted by atomic mass is 16.5. The van der Waals surface area contributed by atoms with E-state index < -0.39 is 5.97 Å². The van der Waals surface area contributed by atoms with Crippen LogP contribution in [0.4, 0.5) is 10.5 Å². The number of carbonyl (C=O) groups excluding carboxylic acids is 3. The van der Waals surface area contributed by atoms with Crippen molar-refractivity contribution >= 4 is 23.6 Å². The maximum atomic E-state index is 13.0. The van der Waals surface area contributed by atoms with Crippen LogP contribution in [-0.2, 0) is 16.1 Å². The second-order valence-electron chi connectivity index (χ2n) is 7.11. The molecular weight excluding hydrogens is 370 g/mol. The molecule has 3 amide bonds. The molecule has 0 spiro atoms. The Morgan fingerprint density at radius 3 is 2.38 bits per heavy atom. The van der Waals surface area contributed by atoms with Crippen LogP contribution in [0.3, 0.4) is 0 Å². The number of ether oxygens (including phenoxy) is 1. The predicted octanol–water partition coefficient (Wildman–Crippen LogP) is 3.09. The summed E-state index contributed by atoms with van der Waals surface area (Å²) in [6.07, 6.45) is 2.02. The lowest BCUT2D eigenvalue weighted by Crippen LogP contribution is -2.36. The van der Waals surface area contributed by atoms with Crippen LogP contribution in [-0.4, -0.2) is 42.5 Å². The molecule has 0 aromatic heterocycles. The molecule has 0 aliphatic heterocycles. The van der Waals surface area contributed by atoms with Crippen LogP contribution in [0.2, 0.25) is 0 Å². The molecule has 2 N–H and O–H groups in total. The quantitative estimate of drug-likeness (QED) is 0.705. The summed E-state index contributed by atoms with van der Waals surface area (Å²) in [5.74, 6) is -0.769. The number of urea groups is 1. The SMILES string of the molecule is COC(=O)CN(Cc1ccccc1C)C(=O)c1ccc(NC(=O)NC2CC2)cc1. The maximum absolute atomic E-state index is 13.0. The Labute approximate surface area is 170 Å². The Bertz CT molecular complexity index is 891. The smallest absolute Gasteiger partial charge is 0.325 e. The van der Waals surface area contributed by atoms with Gasteiger partial charge in [0.2, 0.25) is 0 Å². The molecule has 152 valence electrons. The van der Waals surface area contributed by atoms with E-state index >= 15 is 0 Å². The second kappa shape index (κ2) is 9.23. The third-order valence-corrected chi connectivity index (χ3v) is 4.76. The number of nitrogens with zero attached hydrogens (tertiary/aromatic N) is 1. The number of anilines is 1. The van der Waals surface area contributed by atoms with Gasteiger partial charge in [0.05, 0.1) is 7.11 Å². The summed E-state index contributed by atoms with van der Waals surface area (Å²) in [4.78, 5) is 38.1. The van der Waals surface area contributed by atoms with Crippen molar-refractivity contribution < 1.29 is 19.1 Å². The van der Waals surface area contributed by atoms with Crippen molar-refractivity contribution in [2.75, 3.05) is 19.0 Å². The minimum atomic E-state index is -0.484. The molecule has 1 aliphatic carbocycles. The van der Waals surface area contributed by atoms with Gasteiger partial charge in [-0.05, 0) is 55.2 Å². The van der Waals surface area contributed by atoms with E-state index in [1.807, 2.05) is 31.2 Å². The average molecular weight is 395 g/mol. The summed E-state index contributed by atoms with van der Waals surface area (Å²) >= 11 is 0. The molecule has 29 heavy (non-hydrogen) atoms. The maximum Gasteiger partial charge on any atom is 0.325 e. The van der Waals surface area contributed by atoms with Crippen molar-refractivity contribution in [3.05, 3.63) is 65.2 Å². The fraction of sp³-hybridized carbons (Fsp3) is 0.318. The van der Waals surface area contributed by atoms with E-state index in [1.54, 1.807) is 24.3 Å². The zero-order valence-electron chi connectivity index (χ0n) is 16.6. The van der Waals surface area contributed by atoms with Gasteiger partial charge >= 0.3 is 12.0 Å². The lowest BCUT2D eigenvalue weighted by atomic mass is 10.1. The van der Waals surface area contributed by atoms with Gasteiger partial charge in [-0.15, -0.1) is 0 Å². The number of rotatable bonds is 7. The molecule has 1 saturated carbocycles. The van der Waals surface area contributed by atoms with Crippen LogP contribution in [0.5, 0.6) is 0 Å². The topological polar surface area (TPSA) is 87.7 Å². The summed E-state index contributed by atoms with van der Waals surface area (Å²) in [7, 11) is 1.30. The molecule has 1 aliphatic rings. The molecule has 2 aromatic rings. The highest BCUT2D eigenvalue weighted by molar-refractivity contribution is 5.97. The molecule has 7 heteroatoms. The summed E-state index contributed by atoms with van der Waals surface area (Å²) < 4.78 is 4.75. The molecule has 0 radical (unpaired) electrons. The van der Waals surface area contributed by atoms with Crippen LogP contribution < -0.4 is 10.6 Å². The fourth-order valence-corrected chi connectivity index (χ4v) is 2.87. The first-order chi connectivity index (χ1) is 14.0. The van der Waals surface area contributed by atoms with Gasteiger partial charge < -0.3 is 20.3 Å². The lowest BCUT2D eigenvalue weighted by molar-refractivity contribution is -0.141. The molecule has 0 saturated heterocycles. The van der Waals surface area contributed by atoms with Crippen molar-refractivity contribution in [2.24, 2.45) is 0 Å². The standard InChI is InChI=1S/C22H25N3O4/c1-15-5-3-4-6-17(15)13-25(14-20(26)29-2)21(27)16-7-9-18(10-8-16)23-22(28)24-19-11-12-19/h3-10,19H,11-14H2,1-2H3,(H2,23,24,28). The zero-order chi connectivity index (χ0) is 20.8. The molecule has 0 bridgehead atoms. The fourth-order valence-electron chi connectivity index (χ4n) is 2.87. The van der Waals surface area contributed by atoms with Crippen molar-refractivity contribution in [1.29, 1.82) is 0 Å². The van der Waals surface area contributed by atoms with Gasteiger partial charge in [-0.1, -0.05) is 24.3 Å².